The third-order valence-electron chi connectivity index (χ3n) is 4.25. The molecular formula is C18H18N4. The molecule has 3 aromatic rings. The lowest BCUT2D eigenvalue weighted by Gasteiger charge is -2.28. The van der Waals surface area contributed by atoms with Gasteiger partial charge in [-0.25, -0.2) is 9.97 Å². The first-order valence-electron chi connectivity index (χ1n) is 7.60. The van der Waals surface area contributed by atoms with Gasteiger partial charge in [-0.15, -0.1) is 0 Å². The van der Waals surface area contributed by atoms with Crippen molar-refractivity contribution in [2.24, 2.45) is 0 Å². The number of para-hydroxylation sites is 1. The number of nitrogen functional groups attached to an aromatic ring is 1. The normalized spacial score (nSPS) is 14.9. The molecule has 0 aliphatic carbocycles. The molecule has 4 heteroatoms. The molecule has 0 fully saturated rings. The molecule has 110 valence electrons. The Morgan fingerprint density at radius 2 is 1.73 bits per heavy atom. The number of hydrogen-bond acceptors (Lipinski definition) is 4. The Morgan fingerprint density at radius 1 is 0.955 bits per heavy atom. The summed E-state index contributed by atoms with van der Waals surface area (Å²) in [5.74, 6) is 1.37. The molecule has 1 aliphatic rings. The summed E-state index contributed by atoms with van der Waals surface area (Å²) in [5, 5.41) is 0.926. The Morgan fingerprint density at radius 3 is 2.64 bits per heavy atom. The molecule has 2 N–H and O–H groups in total. The average molecular weight is 290 g/mol. The number of rotatable bonds is 2. The molecule has 0 spiro atoms. The summed E-state index contributed by atoms with van der Waals surface area (Å²) in [6.07, 6.45) is 1.08. The lowest BCUT2D eigenvalue weighted by Crippen LogP contribution is -2.30. The van der Waals surface area contributed by atoms with E-state index >= 15 is 0 Å². The quantitative estimate of drug-likeness (QED) is 0.788. The zero-order valence-electron chi connectivity index (χ0n) is 12.4. The molecular weight excluding hydrogens is 272 g/mol. The number of nitrogens with two attached hydrogens (primary N) is 1. The van der Waals surface area contributed by atoms with Gasteiger partial charge in [-0.1, -0.05) is 36.4 Å². The summed E-state index contributed by atoms with van der Waals surface area (Å²) in [5.41, 5.74) is 9.85. The van der Waals surface area contributed by atoms with Crippen molar-refractivity contribution in [1.82, 2.24) is 14.9 Å². The highest BCUT2D eigenvalue weighted by atomic mass is 15.2. The standard InChI is InChI=1S/C18H18N4/c19-18-15-7-3-4-8-16(15)20-17(21-18)12-22-10-9-13-5-1-2-6-14(13)11-22/h1-8H,9-12H2,(H2,19,20,21). The molecule has 4 rings (SSSR count). The van der Waals surface area contributed by atoms with Crippen LogP contribution in [0, 0.1) is 0 Å². The van der Waals surface area contributed by atoms with Crippen LogP contribution in [-0.2, 0) is 19.5 Å². The summed E-state index contributed by atoms with van der Waals surface area (Å²) in [6.45, 7) is 2.72. The highest BCUT2D eigenvalue weighted by Gasteiger charge is 2.17. The van der Waals surface area contributed by atoms with Crippen molar-refractivity contribution in [2.45, 2.75) is 19.5 Å². The van der Waals surface area contributed by atoms with Gasteiger partial charge in [0, 0.05) is 18.5 Å². The van der Waals surface area contributed by atoms with E-state index in [1.54, 1.807) is 0 Å². The maximum absolute atomic E-state index is 6.07. The molecule has 0 radical (unpaired) electrons. The van der Waals surface area contributed by atoms with Crippen LogP contribution >= 0.6 is 0 Å². The predicted octanol–water partition coefficient (Wildman–Crippen LogP) is 2.77. The zero-order valence-corrected chi connectivity index (χ0v) is 12.4. The van der Waals surface area contributed by atoms with Crippen molar-refractivity contribution in [3.63, 3.8) is 0 Å². The third-order valence-corrected chi connectivity index (χ3v) is 4.25. The van der Waals surface area contributed by atoms with Crippen LogP contribution in [0.3, 0.4) is 0 Å². The van der Waals surface area contributed by atoms with E-state index in [9.17, 15) is 0 Å². The molecule has 0 saturated heterocycles. The van der Waals surface area contributed by atoms with Crippen LogP contribution in [-0.4, -0.2) is 21.4 Å². The Bertz CT molecular complexity index is 828. The van der Waals surface area contributed by atoms with E-state index < -0.39 is 0 Å². The van der Waals surface area contributed by atoms with Crippen LogP contribution in [0.15, 0.2) is 48.5 Å². The van der Waals surface area contributed by atoms with Crippen LogP contribution in [0.2, 0.25) is 0 Å². The van der Waals surface area contributed by atoms with Gasteiger partial charge >= 0.3 is 0 Å². The van der Waals surface area contributed by atoms with Crippen molar-refractivity contribution < 1.29 is 0 Å². The van der Waals surface area contributed by atoms with Crippen molar-refractivity contribution in [3.05, 3.63) is 65.5 Å². The summed E-state index contributed by atoms with van der Waals surface area (Å²) >= 11 is 0. The number of anilines is 1. The molecule has 2 heterocycles. The second-order valence-corrected chi connectivity index (χ2v) is 5.77. The molecule has 4 nitrogen and oxygen atoms in total. The Hall–Kier alpha value is -2.46. The second-order valence-electron chi connectivity index (χ2n) is 5.77. The Labute approximate surface area is 129 Å². The smallest absolute Gasteiger partial charge is 0.145 e. The van der Waals surface area contributed by atoms with Gasteiger partial charge in [0.15, 0.2) is 0 Å². The topological polar surface area (TPSA) is 55.0 Å². The molecule has 1 aliphatic heterocycles. The number of fused-ring (bicyclic) bond motifs is 2. The van der Waals surface area contributed by atoms with E-state index in [1.807, 2.05) is 24.3 Å². The van der Waals surface area contributed by atoms with Crippen LogP contribution in [0.25, 0.3) is 10.9 Å². The summed E-state index contributed by atoms with van der Waals surface area (Å²) in [7, 11) is 0. The van der Waals surface area contributed by atoms with Crippen molar-refractivity contribution in [3.8, 4) is 0 Å². The van der Waals surface area contributed by atoms with Gasteiger partial charge in [0.25, 0.3) is 0 Å². The fourth-order valence-electron chi connectivity index (χ4n) is 3.11. The highest BCUT2D eigenvalue weighted by molar-refractivity contribution is 5.87. The third kappa shape index (κ3) is 2.42. The van der Waals surface area contributed by atoms with Gasteiger partial charge in [-0.05, 0) is 29.7 Å². The maximum Gasteiger partial charge on any atom is 0.145 e. The molecule has 0 saturated carbocycles. The molecule has 22 heavy (non-hydrogen) atoms. The zero-order chi connectivity index (χ0) is 14.9. The molecule has 1 aromatic heterocycles. The van der Waals surface area contributed by atoms with Crippen LogP contribution in [0.1, 0.15) is 17.0 Å². The molecule has 0 atom stereocenters. The van der Waals surface area contributed by atoms with Crippen molar-refractivity contribution in [1.29, 1.82) is 0 Å². The number of aromatic nitrogens is 2. The second kappa shape index (κ2) is 5.39. The van der Waals surface area contributed by atoms with E-state index in [-0.39, 0.29) is 0 Å². The molecule has 0 unspecified atom stereocenters. The first-order chi connectivity index (χ1) is 10.8. The summed E-state index contributed by atoms with van der Waals surface area (Å²) in [6, 6.07) is 16.5. The number of nitrogens with zero attached hydrogens (tertiary/aromatic N) is 3. The Kier molecular flexibility index (Phi) is 3.24. The van der Waals surface area contributed by atoms with E-state index in [1.165, 1.54) is 11.1 Å². The van der Waals surface area contributed by atoms with Gasteiger partial charge in [0.2, 0.25) is 0 Å². The van der Waals surface area contributed by atoms with Gasteiger partial charge in [-0.2, -0.15) is 0 Å². The molecule has 2 aromatic carbocycles. The predicted molar refractivity (Wildman–Crippen MR) is 88.2 cm³/mol. The lowest BCUT2D eigenvalue weighted by atomic mass is 10.00. The molecule has 0 amide bonds. The van der Waals surface area contributed by atoms with E-state index in [0.29, 0.717) is 5.82 Å². The minimum Gasteiger partial charge on any atom is -0.383 e. The largest absolute Gasteiger partial charge is 0.383 e. The van der Waals surface area contributed by atoms with Gasteiger partial charge in [0.1, 0.15) is 11.6 Å². The SMILES string of the molecule is Nc1nc(CN2CCc3ccccc3C2)nc2ccccc12. The first kappa shape index (κ1) is 13.2. The van der Waals surface area contributed by atoms with Gasteiger partial charge in [-0.3, -0.25) is 4.90 Å². The average Bonchev–Trinajstić information content (AvgIpc) is 2.55. The maximum atomic E-state index is 6.07. The highest BCUT2D eigenvalue weighted by Crippen LogP contribution is 2.21. The number of hydrogen-bond donors (Lipinski definition) is 1. The van der Waals surface area contributed by atoms with E-state index in [4.69, 9.17) is 5.73 Å². The van der Waals surface area contributed by atoms with Crippen LogP contribution < -0.4 is 5.73 Å². The fourth-order valence-corrected chi connectivity index (χ4v) is 3.11. The van der Waals surface area contributed by atoms with Gasteiger partial charge in [0.05, 0.1) is 12.1 Å². The van der Waals surface area contributed by atoms with Crippen LogP contribution in [0.5, 0.6) is 0 Å². The van der Waals surface area contributed by atoms with Gasteiger partial charge < -0.3 is 5.73 Å². The molecule has 0 bridgehead atoms. The summed E-state index contributed by atoms with van der Waals surface area (Å²) < 4.78 is 0. The van der Waals surface area contributed by atoms with Crippen molar-refractivity contribution in [2.75, 3.05) is 12.3 Å². The Balaban J connectivity index is 1.59. The lowest BCUT2D eigenvalue weighted by molar-refractivity contribution is 0.240. The number of benzene rings is 2. The van der Waals surface area contributed by atoms with Crippen LogP contribution in [0.4, 0.5) is 5.82 Å². The first-order valence-corrected chi connectivity index (χ1v) is 7.60. The summed E-state index contributed by atoms with van der Waals surface area (Å²) in [4.78, 5) is 11.5. The monoisotopic (exact) mass is 290 g/mol. The minimum absolute atomic E-state index is 0.568. The fraction of sp³-hybridized carbons (Fsp3) is 0.222. The minimum atomic E-state index is 0.568. The van der Waals surface area contributed by atoms with Crippen molar-refractivity contribution >= 4 is 16.7 Å². The van der Waals surface area contributed by atoms with E-state index in [0.717, 1.165) is 42.8 Å². The van der Waals surface area contributed by atoms with E-state index in [2.05, 4.69) is 39.1 Å².